The highest BCUT2D eigenvalue weighted by atomic mass is 35.5. The minimum absolute atomic E-state index is 0.0261. The zero-order valence-corrected chi connectivity index (χ0v) is 19.0. The van der Waals surface area contributed by atoms with E-state index in [0.717, 1.165) is 0 Å². The van der Waals surface area contributed by atoms with Gasteiger partial charge >= 0.3 is 18.4 Å². The number of benzene rings is 2. The van der Waals surface area contributed by atoms with Crippen molar-refractivity contribution >= 4 is 40.8 Å². The molecule has 2 aromatic carbocycles. The average Bonchev–Trinajstić information content (AvgIpc) is 2.71. The van der Waals surface area contributed by atoms with Gasteiger partial charge in [0.05, 0.1) is 11.5 Å². The Morgan fingerprint density at radius 2 is 1.68 bits per heavy atom. The normalized spacial score (nSPS) is 18.3. The van der Waals surface area contributed by atoms with E-state index in [0.29, 0.717) is 16.7 Å². The van der Waals surface area contributed by atoms with Gasteiger partial charge in [0.25, 0.3) is 0 Å². The third-order valence-electron chi connectivity index (χ3n) is 4.78. The number of carboxylic acids is 1. The van der Waals surface area contributed by atoms with Crippen molar-refractivity contribution in [2.75, 3.05) is 0 Å². The fourth-order valence-corrected chi connectivity index (χ4v) is 4.30. The predicted molar refractivity (Wildman–Crippen MR) is 121 cm³/mol. The van der Waals surface area contributed by atoms with Crippen LogP contribution in [0.5, 0.6) is 0 Å². The monoisotopic (exact) mass is 514 g/mol. The molecule has 1 atom stereocenters. The number of rotatable bonds is 7. The summed E-state index contributed by atoms with van der Waals surface area (Å²) >= 11 is 12.6. The molecule has 1 aliphatic carbocycles. The van der Waals surface area contributed by atoms with Gasteiger partial charge in [-0.1, -0.05) is 77.8 Å². The Balaban J connectivity index is 1.73. The molecule has 11 heteroatoms. The van der Waals surface area contributed by atoms with Gasteiger partial charge in [-0.25, -0.2) is 4.79 Å². The summed E-state index contributed by atoms with van der Waals surface area (Å²) in [5, 5.41) is 11.3. The molecule has 2 aromatic rings. The third-order valence-corrected chi connectivity index (χ3v) is 5.47. The molecule has 2 amide bonds. The van der Waals surface area contributed by atoms with Crippen molar-refractivity contribution in [2.24, 2.45) is 0 Å². The van der Waals surface area contributed by atoms with Crippen molar-refractivity contribution < 1.29 is 32.6 Å². The number of carbonyl (C=O) groups excluding carboxylic acids is 1. The maximum Gasteiger partial charge on any atom is 0.524 e. The zero-order valence-electron chi connectivity index (χ0n) is 17.5. The largest absolute Gasteiger partial charge is 0.524 e. The van der Waals surface area contributed by atoms with Crippen LogP contribution in [0.1, 0.15) is 23.1 Å². The summed E-state index contributed by atoms with van der Waals surface area (Å²) in [7, 11) is 0. The number of amides is 2. The molecule has 180 valence electrons. The second-order valence-corrected chi connectivity index (χ2v) is 8.42. The quantitative estimate of drug-likeness (QED) is 0.424. The van der Waals surface area contributed by atoms with Crippen molar-refractivity contribution in [1.29, 1.82) is 0 Å². The first-order valence-electron chi connectivity index (χ1n) is 9.92. The molecule has 0 bridgehead atoms. The van der Waals surface area contributed by atoms with Crippen LogP contribution in [0.25, 0.3) is 5.57 Å². The number of urea groups is 1. The molecular weight excluding hydrogens is 496 g/mol. The molecule has 0 heterocycles. The van der Waals surface area contributed by atoms with Crippen LogP contribution >= 0.6 is 23.2 Å². The lowest BCUT2D eigenvalue weighted by Crippen LogP contribution is -2.41. The molecule has 1 unspecified atom stereocenters. The van der Waals surface area contributed by atoms with Crippen molar-refractivity contribution in [3.63, 3.8) is 0 Å². The van der Waals surface area contributed by atoms with Crippen LogP contribution in [-0.2, 0) is 22.5 Å². The Labute approximate surface area is 203 Å². The first-order chi connectivity index (χ1) is 15.9. The number of hydrogen-bond acceptors (Lipinski definition) is 3. The summed E-state index contributed by atoms with van der Waals surface area (Å²) < 4.78 is 43.8. The van der Waals surface area contributed by atoms with E-state index in [4.69, 9.17) is 28.3 Å². The molecule has 0 aromatic heterocycles. The number of halogens is 5. The SMILES string of the molecule is O=C(O)Cc1ccc(CNC(=O)NC2=CC(Cl)=C(c3ccccc3)C(Cl)(OC(F)(F)F)C2)cc1. The van der Waals surface area contributed by atoms with E-state index in [2.05, 4.69) is 15.4 Å². The van der Waals surface area contributed by atoms with E-state index >= 15 is 0 Å². The fourth-order valence-electron chi connectivity index (χ4n) is 3.42. The van der Waals surface area contributed by atoms with Crippen LogP contribution < -0.4 is 10.6 Å². The lowest BCUT2D eigenvalue weighted by molar-refractivity contribution is -0.342. The molecule has 1 aliphatic rings. The van der Waals surface area contributed by atoms with E-state index in [9.17, 15) is 22.8 Å². The first kappa shape index (κ1) is 25.6. The van der Waals surface area contributed by atoms with Crippen molar-refractivity contribution in [2.45, 2.75) is 30.8 Å². The van der Waals surface area contributed by atoms with Crippen LogP contribution in [0.3, 0.4) is 0 Å². The Morgan fingerprint density at radius 1 is 1.06 bits per heavy atom. The molecule has 34 heavy (non-hydrogen) atoms. The number of ether oxygens (including phenoxy) is 1. The van der Waals surface area contributed by atoms with E-state index in [1.54, 1.807) is 54.6 Å². The number of carbonyl (C=O) groups is 2. The standard InChI is InChI=1S/C23H19Cl2F3N2O4/c24-18-11-17(30-21(33)29-13-15-8-6-14(7-9-15)10-19(31)32)12-22(25,34-23(26,27)28)20(18)16-4-2-1-3-5-16/h1-9,11H,10,12-13H2,(H,31,32)(H2,29,30,33). The van der Waals surface area contributed by atoms with Gasteiger partial charge in [-0.3, -0.25) is 9.53 Å². The molecule has 0 spiro atoms. The highest BCUT2D eigenvalue weighted by molar-refractivity contribution is 6.39. The van der Waals surface area contributed by atoms with Crippen molar-refractivity contribution in [1.82, 2.24) is 10.6 Å². The molecule has 0 fully saturated rings. The van der Waals surface area contributed by atoms with Gasteiger partial charge in [0.2, 0.25) is 0 Å². The zero-order chi connectivity index (χ0) is 24.9. The van der Waals surface area contributed by atoms with Crippen LogP contribution in [0.2, 0.25) is 0 Å². The van der Waals surface area contributed by atoms with Gasteiger partial charge in [0.15, 0.2) is 5.06 Å². The summed E-state index contributed by atoms with van der Waals surface area (Å²) in [6.45, 7) is 0.0936. The van der Waals surface area contributed by atoms with Crippen molar-refractivity contribution in [3.8, 4) is 0 Å². The summed E-state index contributed by atoms with van der Waals surface area (Å²) in [5.41, 5.74) is 1.60. The minimum Gasteiger partial charge on any atom is -0.481 e. The molecular formula is C23H19Cl2F3N2O4. The van der Waals surface area contributed by atoms with Crippen LogP contribution in [-0.4, -0.2) is 28.5 Å². The van der Waals surface area contributed by atoms with Gasteiger partial charge in [0.1, 0.15) is 0 Å². The Hall–Kier alpha value is -3.01. The molecule has 0 radical (unpaired) electrons. The molecule has 3 rings (SSSR count). The summed E-state index contributed by atoms with van der Waals surface area (Å²) in [4.78, 5) is 23.1. The highest BCUT2D eigenvalue weighted by Crippen LogP contribution is 2.48. The Morgan fingerprint density at radius 3 is 2.26 bits per heavy atom. The summed E-state index contributed by atoms with van der Waals surface area (Å²) in [6, 6.07) is 13.9. The van der Waals surface area contributed by atoms with E-state index in [-0.39, 0.29) is 29.3 Å². The van der Waals surface area contributed by atoms with Gasteiger partial charge in [-0.15, -0.1) is 13.2 Å². The number of carboxylic acid groups (broad SMARTS) is 1. The van der Waals surface area contributed by atoms with Gasteiger partial charge in [-0.05, 0) is 22.8 Å². The lowest BCUT2D eigenvalue weighted by Gasteiger charge is -2.35. The number of aliphatic carboxylic acids is 1. The second-order valence-electron chi connectivity index (χ2n) is 7.41. The Bertz CT molecular complexity index is 1120. The van der Waals surface area contributed by atoms with Crippen LogP contribution in [0.15, 0.2) is 71.4 Å². The fraction of sp³-hybridized carbons (Fsp3) is 0.217. The van der Waals surface area contributed by atoms with E-state index in [1.165, 1.54) is 6.08 Å². The van der Waals surface area contributed by atoms with Gasteiger partial charge in [-0.2, -0.15) is 0 Å². The molecule has 0 saturated carbocycles. The maximum absolute atomic E-state index is 13.2. The topological polar surface area (TPSA) is 87.7 Å². The minimum atomic E-state index is -5.06. The van der Waals surface area contributed by atoms with Crippen molar-refractivity contribution in [3.05, 3.63) is 88.1 Å². The number of alkyl halides is 4. The molecule has 3 N–H and O–H groups in total. The number of allylic oxidation sites excluding steroid dienone is 2. The molecule has 6 nitrogen and oxygen atoms in total. The first-order valence-corrected chi connectivity index (χ1v) is 10.7. The van der Waals surface area contributed by atoms with Gasteiger partial charge < -0.3 is 15.7 Å². The Kier molecular flexibility index (Phi) is 7.91. The summed E-state index contributed by atoms with van der Waals surface area (Å²) in [5.74, 6) is -0.959. The second kappa shape index (κ2) is 10.5. The van der Waals surface area contributed by atoms with Crippen LogP contribution in [0, 0.1) is 0 Å². The van der Waals surface area contributed by atoms with Crippen LogP contribution in [0.4, 0.5) is 18.0 Å². The number of nitrogens with one attached hydrogen (secondary N) is 2. The summed E-state index contributed by atoms with van der Waals surface area (Å²) in [6.07, 6.45) is -4.37. The maximum atomic E-state index is 13.2. The van der Waals surface area contributed by atoms with E-state index < -0.39 is 29.8 Å². The third kappa shape index (κ3) is 6.99. The average molecular weight is 515 g/mol. The number of hydrogen-bond donors (Lipinski definition) is 3. The smallest absolute Gasteiger partial charge is 0.481 e. The van der Waals surface area contributed by atoms with Gasteiger partial charge in [0, 0.05) is 24.2 Å². The highest BCUT2D eigenvalue weighted by Gasteiger charge is 2.48. The lowest BCUT2D eigenvalue weighted by atomic mass is 9.92. The molecule has 0 saturated heterocycles. The van der Waals surface area contributed by atoms with E-state index in [1.807, 2.05) is 0 Å². The molecule has 0 aliphatic heterocycles. The predicted octanol–water partition coefficient (Wildman–Crippen LogP) is 5.52.